The first-order valence-electron chi connectivity index (χ1n) is 7.38. The second kappa shape index (κ2) is 9.03. The molecule has 1 unspecified atom stereocenters. The first-order chi connectivity index (χ1) is 8.96. The topological polar surface area (TPSA) is 44.8 Å². The Morgan fingerprint density at radius 2 is 1.76 bits per heavy atom. The maximum atomic E-state index is 12.1. The Morgan fingerprint density at radius 1 is 1.14 bits per heavy atom. The average molecular weight is 342 g/mol. The van der Waals surface area contributed by atoms with E-state index >= 15 is 0 Å². The number of carbonyl (C=O) groups is 1. The van der Waals surface area contributed by atoms with Crippen LogP contribution >= 0.6 is 24.8 Å². The number of nitrogens with zero attached hydrogens (tertiary/aromatic N) is 2. The fraction of sp³-hybridized carbons (Fsp3) is 0.929. The summed E-state index contributed by atoms with van der Waals surface area (Å²) < 4.78 is 5.47. The Morgan fingerprint density at radius 3 is 2.33 bits per heavy atom. The van der Waals surface area contributed by atoms with Gasteiger partial charge in [-0.05, 0) is 33.6 Å². The fourth-order valence-corrected chi connectivity index (χ4v) is 2.79. The normalized spacial score (nSPS) is 23.8. The van der Waals surface area contributed by atoms with Crippen molar-refractivity contribution in [3.05, 3.63) is 0 Å². The summed E-state index contributed by atoms with van der Waals surface area (Å²) in [5.74, 6) is 0. The summed E-state index contributed by atoms with van der Waals surface area (Å²) in [6.07, 6.45) is 2.11. The average Bonchev–Trinajstić information content (AvgIpc) is 2.38. The van der Waals surface area contributed by atoms with Crippen molar-refractivity contribution in [2.45, 2.75) is 45.3 Å². The van der Waals surface area contributed by atoms with Crippen LogP contribution in [-0.2, 0) is 4.74 Å². The van der Waals surface area contributed by atoms with Crippen LogP contribution in [0.25, 0.3) is 0 Å². The van der Waals surface area contributed by atoms with E-state index in [1.807, 2.05) is 25.7 Å². The molecule has 5 nitrogen and oxygen atoms in total. The lowest BCUT2D eigenvalue weighted by Crippen LogP contribution is -2.55. The van der Waals surface area contributed by atoms with Crippen molar-refractivity contribution < 1.29 is 9.53 Å². The van der Waals surface area contributed by atoms with Crippen LogP contribution in [0.15, 0.2) is 0 Å². The second-order valence-corrected chi connectivity index (χ2v) is 6.51. The van der Waals surface area contributed by atoms with Crippen molar-refractivity contribution in [1.29, 1.82) is 0 Å². The van der Waals surface area contributed by atoms with E-state index in [1.54, 1.807) is 0 Å². The van der Waals surface area contributed by atoms with Crippen LogP contribution in [-0.4, -0.2) is 66.8 Å². The number of rotatable bonds is 1. The number of likely N-dealkylation sites (tertiary alicyclic amines) is 1. The van der Waals surface area contributed by atoms with Gasteiger partial charge in [0.1, 0.15) is 5.60 Å². The minimum absolute atomic E-state index is 0. The lowest BCUT2D eigenvalue weighted by atomic mass is 10.0. The molecule has 7 heteroatoms. The molecule has 1 N–H and O–H groups in total. The molecule has 2 fully saturated rings. The highest BCUT2D eigenvalue weighted by atomic mass is 35.5. The van der Waals surface area contributed by atoms with Gasteiger partial charge >= 0.3 is 6.09 Å². The van der Waals surface area contributed by atoms with E-state index < -0.39 is 5.60 Å². The summed E-state index contributed by atoms with van der Waals surface area (Å²) in [4.78, 5) is 16.5. The third-order valence-corrected chi connectivity index (χ3v) is 3.72. The molecule has 0 aromatic rings. The van der Waals surface area contributed by atoms with Gasteiger partial charge < -0.3 is 15.0 Å². The van der Waals surface area contributed by atoms with Gasteiger partial charge in [0.15, 0.2) is 0 Å². The van der Waals surface area contributed by atoms with Gasteiger partial charge in [0.05, 0.1) is 0 Å². The summed E-state index contributed by atoms with van der Waals surface area (Å²) in [7, 11) is 0. The minimum Gasteiger partial charge on any atom is -0.444 e. The van der Waals surface area contributed by atoms with E-state index in [0.717, 1.165) is 45.7 Å². The molecule has 126 valence electrons. The molecule has 2 aliphatic rings. The summed E-state index contributed by atoms with van der Waals surface area (Å²) in [5.41, 5.74) is -0.404. The largest absolute Gasteiger partial charge is 0.444 e. The second-order valence-electron chi connectivity index (χ2n) is 6.51. The highest BCUT2D eigenvalue weighted by molar-refractivity contribution is 5.85. The zero-order valence-corrected chi connectivity index (χ0v) is 14.9. The predicted molar refractivity (Wildman–Crippen MR) is 89.8 cm³/mol. The molecule has 0 bridgehead atoms. The van der Waals surface area contributed by atoms with Crippen LogP contribution in [0.5, 0.6) is 0 Å². The van der Waals surface area contributed by atoms with E-state index in [9.17, 15) is 4.79 Å². The smallest absolute Gasteiger partial charge is 0.410 e. The number of hydrogen-bond donors (Lipinski definition) is 1. The minimum atomic E-state index is -0.404. The van der Waals surface area contributed by atoms with Crippen molar-refractivity contribution in [2.75, 3.05) is 39.3 Å². The summed E-state index contributed by atoms with van der Waals surface area (Å²) >= 11 is 0. The first-order valence-corrected chi connectivity index (χ1v) is 7.38. The van der Waals surface area contributed by atoms with Crippen LogP contribution in [0, 0.1) is 0 Å². The summed E-state index contributed by atoms with van der Waals surface area (Å²) in [6, 6.07) is 0.503. The highest BCUT2D eigenvalue weighted by Crippen LogP contribution is 2.19. The molecule has 2 saturated heterocycles. The van der Waals surface area contributed by atoms with E-state index in [0.29, 0.717) is 6.04 Å². The van der Waals surface area contributed by atoms with Gasteiger partial charge in [-0.3, -0.25) is 4.90 Å². The monoisotopic (exact) mass is 341 g/mol. The zero-order valence-electron chi connectivity index (χ0n) is 13.3. The number of piperidine rings is 1. The van der Waals surface area contributed by atoms with Crippen LogP contribution in [0.2, 0.25) is 0 Å². The fourth-order valence-electron chi connectivity index (χ4n) is 2.79. The zero-order chi connectivity index (χ0) is 13.9. The van der Waals surface area contributed by atoms with Gasteiger partial charge in [-0.1, -0.05) is 0 Å². The molecule has 2 heterocycles. The third-order valence-electron chi connectivity index (χ3n) is 3.72. The van der Waals surface area contributed by atoms with Crippen LogP contribution in [0.1, 0.15) is 33.6 Å². The Labute approximate surface area is 140 Å². The Kier molecular flexibility index (Phi) is 8.93. The van der Waals surface area contributed by atoms with Gasteiger partial charge in [-0.2, -0.15) is 0 Å². The predicted octanol–water partition coefficient (Wildman–Crippen LogP) is 2.13. The van der Waals surface area contributed by atoms with Crippen LogP contribution in [0.3, 0.4) is 0 Å². The number of hydrogen-bond acceptors (Lipinski definition) is 4. The van der Waals surface area contributed by atoms with Crippen LogP contribution < -0.4 is 5.32 Å². The Balaban J connectivity index is 0.00000200. The van der Waals surface area contributed by atoms with Gasteiger partial charge in [-0.25, -0.2) is 4.79 Å². The molecule has 0 aromatic carbocycles. The molecule has 21 heavy (non-hydrogen) atoms. The lowest BCUT2D eigenvalue weighted by Gasteiger charge is -2.41. The van der Waals surface area contributed by atoms with Gasteiger partial charge in [0, 0.05) is 45.3 Å². The number of carbonyl (C=O) groups excluding carboxylic acids is 1. The number of ether oxygens (including phenoxy) is 1. The van der Waals surface area contributed by atoms with Crippen molar-refractivity contribution in [3.8, 4) is 0 Å². The van der Waals surface area contributed by atoms with E-state index in [2.05, 4.69) is 10.2 Å². The maximum Gasteiger partial charge on any atom is 0.410 e. The molecule has 0 saturated carbocycles. The molecule has 2 aliphatic heterocycles. The SMILES string of the molecule is CC(C)(C)OC(=O)N1CCCC(N2CCNCC2)C1.Cl.Cl. The molecule has 0 spiro atoms. The first kappa shape index (κ1) is 20.8. The van der Waals surface area contributed by atoms with Crippen molar-refractivity contribution >= 4 is 30.9 Å². The van der Waals surface area contributed by atoms with Gasteiger partial charge in [-0.15, -0.1) is 24.8 Å². The molecular weight excluding hydrogens is 313 g/mol. The lowest BCUT2D eigenvalue weighted by molar-refractivity contribution is 0.00956. The summed E-state index contributed by atoms with van der Waals surface area (Å²) in [5, 5.41) is 3.37. The molecule has 2 rings (SSSR count). The number of nitrogens with one attached hydrogen (secondary N) is 1. The standard InChI is InChI=1S/C14H27N3O2.2ClH/c1-14(2,3)19-13(18)17-8-4-5-12(11-17)16-9-6-15-7-10-16;;/h12,15H,4-11H2,1-3H3;2*1H. The molecule has 0 aliphatic carbocycles. The summed E-state index contributed by atoms with van der Waals surface area (Å²) in [6.45, 7) is 11.7. The van der Waals surface area contributed by atoms with Crippen molar-refractivity contribution in [2.24, 2.45) is 0 Å². The quantitative estimate of drug-likeness (QED) is 0.793. The molecule has 1 amide bonds. The Hall–Kier alpha value is -0.230. The molecule has 0 radical (unpaired) electrons. The Bertz CT molecular complexity index is 318. The van der Waals surface area contributed by atoms with E-state index in [1.165, 1.54) is 6.42 Å². The van der Waals surface area contributed by atoms with Crippen molar-refractivity contribution in [1.82, 2.24) is 15.1 Å². The van der Waals surface area contributed by atoms with Gasteiger partial charge in [0.2, 0.25) is 0 Å². The number of amides is 1. The van der Waals surface area contributed by atoms with E-state index in [-0.39, 0.29) is 30.9 Å². The van der Waals surface area contributed by atoms with E-state index in [4.69, 9.17) is 4.74 Å². The highest BCUT2D eigenvalue weighted by Gasteiger charge is 2.30. The van der Waals surface area contributed by atoms with Crippen LogP contribution in [0.4, 0.5) is 4.79 Å². The molecule has 1 atom stereocenters. The third kappa shape index (κ3) is 6.59. The van der Waals surface area contributed by atoms with Crippen molar-refractivity contribution in [3.63, 3.8) is 0 Å². The maximum absolute atomic E-state index is 12.1. The molecule has 0 aromatic heterocycles. The molecular formula is C14H29Cl2N3O2. The van der Waals surface area contributed by atoms with Gasteiger partial charge in [0.25, 0.3) is 0 Å². The number of halogens is 2. The number of piperazine rings is 1.